The minimum Gasteiger partial charge on any atom is -0.368 e. The van der Waals surface area contributed by atoms with Gasteiger partial charge in [0.2, 0.25) is 11.9 Å². The molecule has 3 N–H and O–H groups in total. The van der Waals surface area contributed by atoms with Crippen molar-refractivity contribution in [1.29, 1.82) is 0 Å². The summed E-state index contributed by atoms with van der Waals surface area (Å²) in [6, 6.07) is 0.219. The van der Waals surface area contributed by atoms with E-state index in [1.54, 1.807) is 0 Å². The Hall–Kier alpha value is -1.28. The largest absolute Gasteiger partial charge is 0.368 e. The summed E-state index contributed by atoms with van der Waals surface area (Å²) in [4.78, 5) is 13.9. The van der Waals surface area contributed by atoms with Crippen LogP contribution in [0.5, 0.6) is 0 Å². The number of nitrogens with one attached hydrogen (secondary N) is 1. The second kappa shape index (κ2) is 6.94. The number of piperazine rings is 1. The lowest BCUT2D eigenvalue weighted by atomic mass is 10.3. The van der Waals surface area contributed by atoms with Gasteiger partial charge in [-0.05, 0) is 13.8 Å². The number of nitrogen functional groups attached to an aromatic ring is 1. The molecule has 0 aliphatic carbocycles. The van der Waals surface area contributed by atoms with Crippen LogP contribution in [0.3, 0.4) is 0 Å². The Balaban J connectivity index is 1.82. The number of hydrogen-bond donors (Lipinski definition) is 2. The number of carbonyl (C=O) groups is 1. The molecule has 0 atom stereocenters. The molecule has 0 saturated carbocycles. The fourth-order valence-electron chi connectivity index (χ4n) is 2.17. The molecule has 1 aliphatic heterocycles. The number of nitrogens with zero attached hydrogens (tertiary/aromatic N) is 4. The van der Waals surface area contributed by atoms with Gasteiger partial charge in [-0.2, -0.15) is 0 Å². The van der Waals surface area contributed by atoms with Crippen LogP contribution in [0.15, 0.2) is 5.16 Å². The van der Waals surface area contributed by atoms with Crippen LogP contribution >= 0.6 is 11.8 Å². The van der Waals surface area contributed by atoms with E-state index in [9.17, 15) is 4.79 Å². The molecule has 1 saturated heterocycles. The number of carbonyl (C=O) groups excluding carboxylic acids is 1. The third kappa shape index (κ3) is 3.63. The summed E-state index contributed by atoms with van der Waals surface area (Å²) >= 11 is 1.53. The SMILES string of the molecule is CC(C)n1c(N)nnc1SCCC(=O)N1CCNCC1. The Bertz CT molecular complexity index is 455. The van der Waals surface area contributed by atoms with E-state index in [0.29, 0.717) is 18.1 Å². The first-order valence-corrected chi connectivity index (χ1v) is 7.90. The average Bonchev–Trinajstić information content (AvgIpc) is 2.81. The van der Waals surface area contributed by atoms with Crippen molar-refractivity contribution in [3.63, 3.8) is 0 Å². The second-order valence-electron chi connectivity index (χ2n) is 5.03. The van der Waals surface area contributed by atoms with E-state index in [1.165, 1.54) is 11.8 Å². The fourth-order valence-corrected chi connectivity index (χ4v) is 3.18. The summed E-state index contributed by atoms with van der Waals surface area (Å²) in [5, 5.41) is 12.0. The Morgan fingerprint density at radius 3 is 2.75 bits per heavy atom. The molecule has 2 heterocycles. The van der Waals surface area contributed by atoms with Crippen LogP contribution < -0.4 is 11.1 Å². The first-order chi connectivity index (χ1) is 9.59. The van der Waals surface area contributed by atoms with Gasteiger partial charge in [0.1, 0.15) is 0 Å². The molecule has 20 heavy (non-hydrogen) atoms. The molecule has 1 fully saturated rings. The summed E-state index contributed by atoms with van der Waals surface area (Å²) in [5.74, 6) is 1.34. The average molecular weight is 298 g/mol. The van der Waals surface area contributed by atoms with Crippen molar-refractivity contribution in [2.45, 2.75) is 31.5 Å². The maximum Gasteiger partial charge on any atom is 0.223 e. The van der Waals surface area contributed by atoms with Crippen LogP contribution in [-0.2, 0) is 4.79 Å². The lowest BCUT2D eigenvalue weighted by Gasteiger charge is -2.27. The number of thioether (sulfide) groups is 1. The Kier molecular flexibility index (Phi) is 5.24. The van der Waals surface area contributed by atoms with Gasteiger partial charge in [0.25, 0.3) is 0 Å². The van der Waals surface area contributed by atoms with Crippen molar-refractivity contribution in [2.75, 3.05) is 37.7 Å². The van der Waals surface area contributed by atoms with E-state index in [4.69, 9.17) is 5.73 Å². The fraction of sp³-hybridized carbons (Fsp3) is 0.750. The molecule has 1 aromatic rings. The van der Waals surface area contributed by atoms with Crippen molar-refractivity contribution in [2.24, 2.45) is 0 Å². The molecule has 0 bridgehead atoms. The standard InChI is InChI=1S/C12H22N6OS/c1-9(2)18-11(13)15-16-12(18)20-8-3-10(19)17-6-4-14-5-7-17/h9,14H,3-8H2,1-2H3,(H2,13,15). The zero-order valence-corrected chi connectivity index (χ0v) is 12.8. The van der Waals surface area contributed by atoms with E-state index in [0.717, 1.165) is 31.3 Å². The molecule has 7 nitrogen and oxygen atoms in total. The van der Waals surface area contributed by atoms with E-state index in [1.807, 2.05) is 23.3 Å². The Labute approximate surface area is 123 Å². The smallest absolute Gasteiger partial charge is 0.223 e. The normalized spacial score (nSPS) is 15.8. The number of hydrogen-bond acceptors (Lipinski definition) is 6. The van der Waals surface area contributed by atoms with Crippen molar-refractivity contribution in [3.05, 3.63) is 0 Å². The highest BCUT2D eigenvalue weighted by molar-refractivity contribution is 7.99. The first-order valence-electron chi connectivity index (χ1n) is 6.91. The Morgan fingerprint density at radius 1 is 1.40 bits per heavy atom. The van der Waals surface area contributed by atoms with Gasteiger partial charge >= 0.3 is 0 Å². The topological polar surface area (TPSA) is 89.1 Å². The van der Waals surface area contributed by atoms with Crippen LogP contribution in [0.2, 0.25) is 0 Å². The summed E-state index contributed by atoms with van der Waals surface area (Å²) in [6.45, 7) is 7.46. The molecule has 1 aromatic heterocycles. The maximum atomic E-state index is 12.0. The van der Waals surface area contributed by atoms with Gasteiger partial charge in [0.15, 0.2) is 5.16 Å². The van der Waals surface area contributed by atoms with Crippen LogP contribution in [0.1, 0.15) is 26.3 Å². The van der Waals surface area contributed by atoms with Crippen molar-refractivity contribution in [1.82, 2.24) is 25.0 Å². The molecule has 8 heteroatoms. The zero-order valence-electron chi connectivity index (χ0n) is 12.0. The molecule has 0 unspecified atom stereocenters. The molecular formula is C12H22N6OS. The number of nitrogens with two attached hydrogens (primary N) is 1. The number of anilines is 1. The lowest BCUT2D eigenvalue weighted by molar-refractivity contribution is -0.131. The van der Waals surface area contributed by atoms with Gasteiger partial charge in [0, 0.05) is 44.4 Å². The third-order valence-electron chi connectivity index (χ3n) is 3.22. The highest BCUT2D eigenvalue weighted by Crippen LogP contribution is 2.23. The zero-order chi connectivity index (χ0) is 14.5. The van der Waals surface area contributed by atoms with Crippen LogP contribution in [0.4, 0.5) is 5.95 Å². The van der Waals surface area contributed by atoms with Gasteiger partial charge in [-0.25, -0.2) is 0 Å². The van der Waals surface area contributed by atoms with Gasteiger partial charge in [-0.15, -0.1) is 10.2 Å². The van der Waals surface area contributed by atoms with Gasteiger partial charge in [0.05, 0.1) is 0 Å². The van der Waals surface area contributed by atoms with E-state index in [-0.39, 0.29) is 11.9 Å². The van der Waals surface area contributed by atoms with E-state index >= 15 is 0 Å². The second-order valence-corrected chi connectivity index (χ2v) is 6.10. The maximum absolute atomic E-state index is 12.0. The number of amides is 1. The predicted octanol–water partition coefficient (Wildman–Crippen LogP) is 0.355. The van der Waals surface area contributed by atoms with Crippen molar-refractivity contribution in [3.8, 4) is 0 Å². The molecular weight excluding hydrogens is 276 g/mol. The lowest BCUT2D eigenvalue weighted by Crippen LogP contribution is -2.46. The molecule has 1 amide bonds. The quantitative estimate of drug-likeness (QED) is 0.763. The van der Waals surface area contributed by atoms with Crippen LogP contribution in [-0.4, -0.2) is 57.5 Å². The molecule has 0 spiro atoms. The van der Waals surface area contributed by atoms with Gasteiger partial charge in [-0.1, -0.05) is 11.8 Å². The summed E-state index contributed by atoms with van der Waals surface area (Å²) in [5.41, 5.74) is 5.78. The van der Waals surface area contributed by atoms with E-state index in [2.05, 4.69) is 15.5 Å². The van der Waals surface area contributed by atoms with Gasteiger partial charge < -0.3 is 16.0 Å². The van der Waals surface area contributed by atoms with Crippen molar-refractivity contribution < 1.29 is 4.79 Å². The molecule has 0 radical (unpaired) electrons. The van der Waals surface area contributed by atoms with E-state index < -0.39 is 0 Å². The molecule has 112 valence electrons. The first kappa shape index (κ1) is 15.1. The third-order valence-corrected chi connectivity index (χ3v) is 4.17. The predicted molar refractivity (Wildman–Crippen MR) is 79.6 cm³/mol. The minimum atomic E-state index is 0.211. The monoisotopic (exact) mass is 298 g/mol. The summed E-state index contributed by atoms with van der Waals surface area (Å²) < 4.78 is 1.89. The van der Waals surface area contributed by atoms with Crippen LogP contribution in [0.25, 0.3) is 0 Å². The highest BCUT2D eigenvalue weighted by Gasteiger charge is 2.17. The highest BCUT2D eigenvalue weighted by atomic mass is 32.2. The minimum absolute atomic E-state index is 0.211. The molecule has 0 aromatic carbocycles. The summed E-state index contributed by atoms with van der Waals surface area (Å²) in [7, 11) is 0. The van der Waals surface area contributed by atoms with Gasteiger partial charge in [-0.3, -0.25) is 9.36 Å². The van der Waals surface area contributed by atoms with Crippen molar-refractivity contribution >= 4 is 23.6 Å². The number of rotatable bonds is 5. The molecule has 1 aliphatic rings. The summed E-state index contributed by atoms with van der Waals surface area (Å²) in [6.07, 6.45) is 0.523. The van der Waals surface area contributed by atoms with Crippen LogP contribution in [0, 0.1) is 0 Å². The molecule has 2 rings (SSSR count). The Morgan fingerprint density at radius 2 is 2.10 bits per heavy atom. The number of aromatic nitrogens is 3.